The summed E-state index contributed by atoms with van der Waals surface area (Å²) in [6, 6.07) is 39.9. The quantitative estimate of drug-likeness (QED) is 0.0998. The summed E-state index contributed by atoms with van der Waals surface area (Å²) in [6.45, 7) is 1.72. The molecule has 10 rings (SSSR count). The van der Waals surface area contributed by atoms with Crippen LogP contribution >= 0.6 is 22.7 Å². The highest BCUT2D eigenvalue weighted by Gasteiger charge is 2.51. The van der Waals surface area contributed by atoms with Crippen LogP contribution in [-0.4, -0.2) is 88.2 Å². The van der Waals surface area contributed by atoms with E-state index in [2.05, 4.69) is 147 Å². The Balaban J connectivity index is 0.000000158. The number of fused-ring (bicyclic) bond motifs is 8. The average Bonchev–Trinajstić information content (AvgIpc) is 3.90. The van der Waals surface area contributed by atoms with Gasteiger partial charge >= 0.3 is 31.3 Å². The summed E-state index contributed by atoms with van der Waals surface area (Å²) in [5.74, 6) is 0. The van der Waals surface area contributed by atoms with E-state index >= 15 is 0 Å². The highest BCUT2D eigenvalue weighted by Crippen LogP contribution is 2.56. The fourth-order valence-corrected chi connectivity index (χ4v) is 13.3. The normalized spacial score (nSPS) is 24.8. The molecular formula is C50H56F6N2O8S4. The van der Waals surface area contributed by atoms with Gasteiger partial charge in [0.05, 0.1) is 24.4 Å². The predicted molar refractivity (Wildman–Crippen MR) is 262 cm³/mol. The molecule has 4 aliphatic rings. The first-order valence-electron chi connectivity index (χ1n) is 22.6. The summed E-state index contributed by atoms with van der Waals surface area (Å²) >= 11 is 3.96. The molecule has 20 heteroatoms. The largest absolute Gasteiger partial charge is 0.522 e. The maximum Gasteiger partial charge on any atom is 0.522 e. The van der Waals surface area contributed by atoms with Crippen molar-refractivity contribution in [3.8, 4) is 0 Å². The maximum absolute atomic E-state index is 10.7. The second-order valence-corrected chi connectivity index (χ2v) is 23.5. The molecule has 2 aromatic heterocycles. The van der Waals surface area contributed by atoms with E-state index in [1.54, 1.807) is 9.75 Å². The van der Waals surface area contributed by atoms with Gasteiger partial charge in [0.25, 0.3) is 0 Å². The first-order chi connectivity index (χ1) is 32.8. The molecule has 2 spiro atoms. The Morgan fingerprint density at radius 3 is 1.06 bits per heavy atom. The number of rotatable bonds is 4. The number of hydrogen-bond donors (Lipinski definition) is 2. The third-order valence-electron chi connectivity index (χ3n) is 14.4. The molecule has 2 aliphatic carbocycles. The molecule has 2 fully saturated rings. The average molecular weight is 1060 g/mol. The smallest absolute Gasteiger partial charge is 0.370 e. The van der Waals surface area contributed by atoms with E-state index < -0.39 is 31.3 Å². The maximum atomic E-state index is 10.7. The highest BCUT2D eigenvalue weighted by molar-refractivity contribution is 7.86. The van der Waals surface area contributed by atoms with Crippen LogP contribution < -0.4 is 0 Å². The van der Waals surface area contributed by atoms with Gasteiger partial charge in [-0.2, -0.15) is 43.2 Å². The first-order valence-corrected chi connectivity index (χ1v) is 27.1. The van der Waals surface area contributed by atoms with Gasteiger partial charge in [-0.15, -0.1) is 22.7 Å². The summed E-state index contributed by atoms with van der Waals surface area (Å²) in [7, 11) is -2.74. The number of nitrogens with zero attached hydrogens (tertiary/aromatic N) is 2. The minimum atomic E-state index is -5.84. The molecule has 6 aromatic rings. The van der Waals surface area contributed by atoms with E-state index in [4.69, 9.17) is 35.4 Å². The Morgan fingerprint density at radius 1 is 0.486 bits per heavy atom. The van der Waals surface area contributed by atoms with Gasteiger partial charge in [-0.05, 0) is 114 Å². The van der Waals surface area contributed by atoms with Gasteiger partial charge in [0, 0.05) is 54.2 Å². The van der Waals surface area contributed by atoms with Crippen molar-refractivity contribution in [3.63, 3.8) is 0 Å². The number of halogens is 6. The van der Waals surface area contributed by atoms with Crippen molar-refractivity contribution in [2.75, 3.05) is 41.4 Å². The number of benzene rings is 4. The highest BCUT2D eigenvalue weighted by atomic mass is 32.2. The Kier molecular flexibility index (Phi) is 15.8. The number of ether oxygens (including phenoxy) is 2. The molecule has 0 unspecified atom stereocenters. The zero-order chi connectivity index (χ0) is 51.0. The van der Waals surface area contributed by atoms with Crippen LogP contribution in [-0.2, 0) is 64.8 Å². The molecule has 4 heterocycles. The lowest BCUT2D eigenvalue weighted by atomic mass is 9.67. The molecule has 0 amide bonds. The van der Waals surface area contributed by atoms with Crippen molar-refractivity contribution in [3.05, 3.63) is 141 Å². The van der Waals surface area contributed by atoms with Crippen LogP contribution in [0.15, 0.2) is 109 Å². The van der Waals surface area contributed by atoms with Crippen molar-refractivity contribution in [1.29, 1.82) is 0 Å². The van der Waals surface area contributed by atoms with E-state index in [-0.39, 0.29) is 22.3 Å². The number of hydrogen-bond acceptors (Lipinski definition) is 10. The second-order valence-electron chi connectivity index (χ2n) is 18.4. The Bertz CT molecular complexity index is 2760. The molecule has 0 bridgehead atoms. The molecule has 380 valence electrons. The topological polar surface area (TPSA) is 134 Å². The van der Waals surface area contributed by atoms with Gasteiger partial charge in [0.1, 0.15) is 0 Å². The predicted octanol–water partition coefficient (Wildman–Crippen LogP) is 12.2. The van der Waals surface area contributed by atoms with Crippen LogP contribution in [0.2, 0.25) is 0 Å². The fourth-order valence-electron chi connectivity index (χ4n) is 10.8. The lowest BCUT2D eigenvalue weighted by Crippen LogP contribution is -2.49. The fraction of sp³-hybridized carbons (Fsp3) is 0.440. The Morgan fingerprint density at radius 2 is 0.771 bits per heavy atom. The first kappa shape index (κ1) is 53.8. The third-order valence-corrected chi connectivity index (χ3v) is 18.0. The van der Waals surface area contributed by atoms with E-state index in [0.717, 1.165) is 77.4 Å². The van der Waals surface area contributed by atoms with E-state index in [1.165, 1.54) is 42.4 Å². The summed E-state index contributed by atoms with van der Waals surface area (Å²) < 4.78 is 131. The van der Waals surface area contributed by atoms with Gasteiger partial charge in [-0.1, -0.05) is 97.1 Å². The van der Waals surface area contributed by atoms with Crippen LogP contribution in [0.25, 0.3) is 20.2 Å². The summed E-state index contributed by atoms with van der Waals surface area (Å²) in [6.07, 6.45) is 11.0. The van der Waals surface area contributed by atoms with Gasteiger partial charge in [-0.25, -0.2) is 0 Å². The number of alkyl halides is 6. The zero-order valence-corrected chi connectivity index (χ0v) is 42.3. The van der Waals surface area contributed by atoms with Gasteiger partial charge in [0.15, 0.2) is 0 Å². The van der Waals surface area contributed by atoms with Crippen LogP contribution in [0.1, 0.15) is 83.4 Å². The molecule has 70 heavy (non-hydrogen) atoms. The second kappa shape index (κ2) is 20.5. The molecule has 2 N–H and O–H groups in total. The molecule has 0 atom stereocenters. The van der Waals surface area contributed by atoms with Gasteiger partial charge in [-0.3, -0.25) is 18.9 Å². The van der Waals surface area contributed by atoms with Crippen molar-refractivity contribution < 1.29 is 61.8 Å². The van der Waals surface area contributed by atoms with Crippen molar-refractivity contribution >= 4 is 63.1 Å². The van der Waals surface area contributed by atoms with Crippen LogP contribution in [0.4, 0.5) is 26.3 Å². The van der Waals surface area contributed by atoms with Crippen molar-refractivity contribution in [2.24, 2.45) is 0 Å². The van der Waals surface area contributed by atoms with E-state index in [9.17, 15) is 26.3 Å². The van der Waals surface area contributed by atoms with Crippen molar-refractivity contribution in [2.45, 2.75) is 97.5 Å². The Hall–Kier alpha value is -3.96. The monoisotopic (exact) mass is 1050 g/mol. The molecular weight excluding hydrogens is 999 g/mol. The summed E-state index contributed by atoms with van der Waals surface area (Å²) in [5.41, 5.74) is -5.14. The van der Waals surface area contributed by atoms with Crippen LogP contribution in [0.3, 0.4) is 0 Å². The number of thiophene rings is 2. The van der Waals surface area contributed by atoms with Crippen molar-refractivity contribution in [1.82, 2.24) is 9.80 Å². The molecule has 10 nitrogen and oxygen atoms in total. The Labute approximate surface area is 412 Å². The minimum Gasteiger partial charge on any atom is -0.370 e. The van der Waals surface area contributed by atoms with Crippen LogP contribution in [0, 0.1) is 0 Å². The molecule has 0 radical (unpaired) electrons. The lowest BCUT2D eigenvalue weighted by molar-refractivity contribution is -0.109. The zero-order valence-electron chi connectivity index (χ0n) is 39.0. The van der Waals surface area contributed by atoms with Crippen LogP contribution in [0.5, 0.6) is 0 Å². The summed E-state index contributed by atoms with van der Waals surface area (Å²) in [5, 5.41) is 2.85. The molecule has 4 aromatic carbocycles. The summed E-state index contributed by atoms with van der Waals surface area (Å²) in [4.78, 5) is 7.98. The SMILES string of the molecule is CN(C)C1(c2ccccc2)CCC2(CC1)OCCc1sc3ccccc3c12.CN(C)C1(c2ccccc2)CCC2(CC1)OCCc1sc3ccccc3c12.O=S(=O)(O)C(F)(F)F.O=S(=O)(O)C(F)(F)F. The standard InChI is InChI=1S/2C24H27NOS.2CHF3O3S/c2*1-25(2)23(18-8-4-3-5-9-18)13-15-24(16-14-23)22-19-10-6-7-11-20(19)27-21(22)12-17-26-24;2*2-1(3,4)8(5,6)7/h2*3-11H,12-17H2,1-2H3;2*(H,5,6,7). The molecule has 2 saturated carbocycles. The minimum absolute atomic E-state index is 0.0958. The van der Waals surface area contributed by atoms with E-state index in [0.29, 0.717) is 0 Å². The molecule has 0 saturated heterocycles. The third kappa shape index (κ3) is 10.7. The van der Waals surface area contributed by atoms with E-state index in [1.807, 2.05) is 22.7 Å². The van der Waals surface area contributed by atoms with Gasteiger partial charge < -0.3 is 9.47 Å². The molecule has 2 aliphatic heterocycles. The lowest BCUT2D eigenvalue weighted by Gasteiger charge is -2.51. The van der Waals surface area contributed by atoms with Gasteiger partial charge in [0.2, 0.25) is 0 Å².